The second-order valence-corrected chi connectivity index (χ2v) is 12.3. The van der Waals surface area contributed by atoms with Crippen molar-refractivity contribution >= 4 is 21.8 Å². The lowest BCUT2D eigenvalue weighted by atomic mass is 9.88. The van der Waals surface area contributed by atoms with E-state index in [4.69, 9.17) is 9.72 Å². The van der Waals surface area contributed by atoms with Crippen LogP contribution in [0.3, 0.4) is 0 Å². The lowest BCUT2D eigenvalue weighted by molar-refractivity contribution is 0.459. The Labute approximate surface area is 241 Å². The van der Waals surface area contributed by atoms with Gasteiger partial charge in [-0.3, -0.25) is 4.57 Å². The molecule has 0 saturated heterocycles. The second-order valence-electron chi connectivity index (χ2n) is 12.3. The molecule has 0 aliphatic heterocycles. The third-order valence-electron chi connectivity index (χ3n) is 8.49. The number of aromatic nitrogens is 3. The van der Waals surface area contributed by atoms with Gasteiger partial charge in [-0.15, -0.1) is 0 Å². The van der Waals surface area contributed by atoms with E-state index >= 15 is 0 Å². The number of benzene rings is 3. The molecule has 0 radical (unpaired) electrons. The molecule has 4 heteroatoms. The summed E-state index contributed by atoms with van der Waals surface area (Å²) < 4.78 is 8.57. The summed E-state index contributed by atoms with van der Waals surface area (Å²) in [6.45, 7) is 6.59. The minimum atomic E-state index is 0.0300. The molecule has 7 rings (SSSR count). The topological polar surface area (TPSA) is 39.9 Å². The zero-order valence-corrected chi connectivity index (χ0v) is 24.0. The van der Waals surface area contributed by atoms with Gasteiger partial charge in [-0.2, -0.15) is 0 Å². The Balaban J connectivity index is 1.30. The van der Waals surface area contributed by atoms with Gasteiger partial charge < -0.3 is 4.74 Å². The quantitative estimate of drug-likeness (QED) is 0.220. The van der Waals surface area contributed by atoms with Gasteiger partial charge in [0.1, 0.15) is 11.6 Å². The van der Waals surface area contributed by atoms with Crippen molar-refractivity contribution < 1.29 is 4.74 Å². The third-order valence-corrected chi connectivity index (χ3v) is 8.49. The Bertz CT molecular complexity index is 1870. The first-order chi connectivity index (χ1) is 19.9. The van der Waals surface area contributed by atoms with Gasteiger partial charge in [0.05, 0.1) is 11.0 Å². The molecule has 4 nitrogen and oxygen atoms in total. The molecular formula is C37H35N3O. The van der Waals surface area contributed by atoms with Crippen LogP contribution in [0.2, 0.25) is 0 Å². The molecule has 3 aromatic heterocycles. The highest BCUT2D eigenvalue weighted by Gasteiger charge is 2.20. The SMILES string of the molecule is CC(C)(C)c1ccnc(Oc2cccc(-c3ccc4c5ccccc5n(-c5cc(C6CCCC6)ccn5)c4c3)c2)c1. The summed E-state index contributed by atoms with van der Waals surface area (Å²) in [5.41, 5.74) is 7.20. The van der Waals surface area contributed by atoms with Crippen molar-refractivity contribution in [3.63, 3.8) is 0 Å². The largest absolute Gasteiger partial charge is 0.439 e. The molecular weight excluding hydrogens is 502 g/mol. The predicted molar refractivity (Wildman–Crippen MR) is 168 cm³/mol. The Hall–Kier alpha value is -4.44. The van der Waals surface area contributed by atoms with Crippen molar-refractivity contribution in [1.29, 1.82) is 0 Å². The maximum absolute atomic E-state index is 6.24. The minimum Gasteiger partial charge on any atom is -0.439 e. The van der Waals surface area contributed by atoms with Crippen molar-refractivity contribution in [2.45, 2.75) is 57.8 Å². The Morgan fingerprint density at radius 2 is 1.49 bits per heavy atom. The predicted octanol–water partition coefficient (Wildman–Crippen LogP) is 9.99. The lowest BCUT2D eigenvalue weighted by Crippen LogP contribution is -2.11. The molecule has 1 fully saturated rings. The molecule has 3 heterocycles. The fraction of sp³-hybridized carbons (Fsp3) is 0.243. The number of pyridine rings is 2. The van der Waals surface area contributed by atoms with Crippen LogP contribution in [0.5, 0.6) is 11.6 Å². The first-order valence-corrected chi connectivity index (χ1v) is 14.7. The summed E-state index contributed by atoms with van der Waals surface area (Å²) in [5, 5.41) is 2.47. The minimum absolute atomic E-state index is 0.0300. The van der Waals surface area contributed by atoms with E-state index < -0.39 is 0 Å². The van der Waals surface area contributed by atoms with Crippen LogP contribution < -0.4 is 4.74 Å². The van der Waals surface area contributed by atoms with Crippen molar-refractivity contribution in [1.82, 2.24) is 14.5 Å². The normalized spacial score (nSPS) is 14.2. The molecule has 0 atom stereocenters. The van der Waals surface area contributed by atoms with Crippen LogP contribution in [0.1, 0.15) is 63.5 Å². The Morgan fingerprint density at radius 1 is 0.707 bits per heavy atom. The monoisotopic (exact) mass is 537 g/mol. The van der Waals surface area contributed by atoms with E-state index in [-0.39, 0.29) is 5.41 Å². The van der Waals surface area contributed by atoms with Gasteiger partial charge >= 0.3 is 0 Å². The average Bonchev–Trinajstić information content (AvgIpc) is 3.64. The first-order valence-electron chi connectivity index (χ1n) is 14.7. The highest BCUT2D eigenvalue weighted by molar-refractivity contribution is 6.10. The van der Waals surface area contributed by atoms with E-state index in [1.165, 1.54) is 53.1 Å². The van der Waals surface area contributed by atoms with Gasteiger partial charge in [0.2, 0.25) is 5.88 Å². The maximum atomic E-state index is 6.24. The van der Waals surface area contributed by atoms with Crippen molar-refractivity contribution in [2.24, 2.45) is 0 Å². The summed E-state index contributed by atoms with van der Waals surface area (Å²) in [4.78, 5) is 9.34. The number of para-hydroxylation sites is 1. The van der Waals surface area contributed by atoms with Gasteiger partial charge in [0.15, 0.2) is 0 Å². The molecule has 6 aromatic rings. The number of rotatable bonds is 5. The molecule has 0 N–H and O–H groups in total. The maximum Gasteiger partial charge on any atom is 0.219 e. The molecule has 1 aliphatic rings. The van der Waals surface area contributed by atoms with Gasteiger partial charge in [-0.1, -0.05) is 76.1 Å². The fourth-order valence-electron chi connectivity index (χ4n) is 6.26. The van der Waals surface area contributed by atoms with Crippen LogP contribution in [0, 0.1) is 0 Å². The van der Waals surface area contributed by atoms with Crippen LogP contribution in [-0.2, 0) is 5.41 Å². The molecule has 0 bridgehead atoms. The molecule has 41 heavy (non-hydrogen) atoms. The van der Waals surface area contributed by atoms with Gasteiger partial charge in [-0.05, 0) is 88.9 Å². The first kappa shape index (κ1) is 25.5. The zero-order valence-electron chi connectivity index (χ0n) is 24.0. The number of hydrogen-bond donors (Lipinski definition) is 0. The van der Waals surface area contributed by atoms with Gasteiger partial charge in [0.25, 0.3) is 0 Å². The molecule has 1 aliphatic carbocycles. The number of nitrogens with zero attached hydrogens (tertiary/aromatic N) is 3. The molecule has 204 valence electrons. The molecule has 0 spiro atoms. The van der Waals surface area contributed by atoms with Gasteiger partial charge in [0, 0.05) is 29.2 Å². The van der Waals surface area contributed by atoms with Crippen molar-refractivity contribution in [3.05, 3.63) is 115 Å². The van der Waals surface area contributed by atoms with E-state index in [9.17, 15) is 0 Å². The number of ether oxygens (including phenoxy) is 1. The highest BCUT2D eigenvalue weighted by atomic mass is 16.5. The second kappa shape index (κ2) is 10.2. The standard InChI is InChI=1S/C37H35N3O/c1-37(2,3)29-18-20-39-36(24-29)41-30-12-8-11-26(21-30)27-15-16-32-31-13-6-7-14-33(31)40(34(32)22-27)35-23-28(17-19-38-35)25-9-4-5-10-25/h6-8,11-25H,4-5,9-10H2,1-3H3. The lowest BCUT2D eigenvalue weighted by Gasteiger charge is -2.19. The fourth-order valence-corrected chi connectivity index (χ4v) is 6.26. The molecule has 0 unspecified atom stereocenters. The molecule has 0 amide bonds. The summed E-state index contributed by atoms with van der Waals surface area (Å²) in [6.07, 6.45) is 8.99. The van der Waals surface area contributed by atoms with E-state index in [2.05, 4.69) is 103 Å². The molecule has 1 saturated carbocycles. The summed E-state index contributed by atoms with van der Waals surface area (Å²) >= 11 is 0. The van der Waals surface area contributed by atoms with Crippen LogP contribution in [-0.4, -0.2) is 14.5 Å². The Morgan fingerprint density at radius 3 is 2.34 bits per heavy atom. The smallest absolute Gasteiger partial charge is 0.219 e. The average molecular weight is 538 g/mol. The van der Waals surface area contributed by atoms with E-state index in [0.29, 0.717) is 11.8 Å². The van der Waals surface area contributed by atoms with Crippen LogP contribution in [0.25, 0.3) is 38.8 Å². The molecule has 3 aromatic carbocycles. The van der Waals surface area contributed by atoms with E-state index in [1.54, 1.807) is 0 Å². The summed E-state index contributed by atoms with van der Waals surface area (Å²) in [7, 11) is 0. The highest BCUT2D eigenvalue weighted by Crippen LogP contribution is 2.38. The third kappa shape index (κ3) is 4.88. The van der Waals surface area contributed by atoms with E-state index in [1.807, 2.05) is 30.6 Å². The van der Waals surface area contributed by atoms with Gasteiger partial charge in [-0.25, -0.2) is 9.97 Å². The Kier molecular flexibility index (Phi) is 6.34. The zero-order chi connectivity index (χ0) is 28.0. The summed E-state index contributed by atoms with van der Waals surface area (Å²) in [5.74, 6) is 3.01. The van der Waals surface area contributed by atoms with Crippen molar-refractivity contribution in [2.75, 3.05) is 0 Å². The van der Waals surface area contributed by atoms with Crippen LogP contribution in [0.4, 0.5) is 0 Å². The number of fused-ring (bicyclic) bond motifs is 3. The summed E-state index contributed by atoms with van der Waals surface area (Å²) in [6, 6.07) is 32.2. The van der Waals surface area contributed by atoms with E-state index in [0.717, 1.165) is 28.2 Å². The van der Waals surface area contributed by atoms with Crippen LogP contribution >= 0.6 is 0 Å². The van der Waals surface area contributed by atoms with Crippen molar-refractivity contribution in [3.8, 4) is 28.6 Å². The van der Waals surface area contributed by atoms with Crippen LogP contribution in [0.15, 0.2) is 103 Å². The number of hydrogen-bond acceptors (Lipinski definition) is 3.